The second-order valence-electron chi connectivity index (χ2n) is 4.02. The molecule has 1 aliphatic heterocycles. The molecule has 0 amide bonds. The zero-order chi connectivity index (χ0) is 11.5. The van der Waals surface area contributed by atoms with E-state index in [9.17, 15) is 10.1 Å². The third kappa shape index (κ3) is 2.12. The second-order valence-corrected chi connectivity index (χ2v) is 4.02. The van der Waals surface area contributed by atoms with E-state index in [1.807, 2.05) is 35.2 Å². The van der Waals surface area contributed by atoms with Crippen LogP contribution in [0.2, 0.25) is 0 Å². The summed E-state index contributed by atoms with van der Waals surface area (Å²) in [5.74, 6) is 0. The highest BCUT2D eigenvalue weighted by molar-refractivity contribution is 5.16. The van der Waals surface area contributed by atoms with E-state index >= 15 is 0 Å². The first-order valence-corrected chi connectivity index (χ1v) is 5.27. The van der Waals surface area contributed by atoms with Crippen molar-refractivity contribution in [2.75, 3.05) is 6.54 Å². The highest BCUT2D eigenvalue weighted by atomic mass is 16.6. The third-order valence-corrected chi connectivity index (χ3v) is 2.86. The average molecular weight is 218 g/mol. The van der Waals surface area contributed by atoms with E-state index in [1.165, 1.54) is 0 Å². The summed E-state index contributed by atoms with van der Waals surface area (Å²) in [5, 5.41) is 10.9. The first-order valence-electron chi connectivity index (χ1n) is 5.27. The van der Waals surface area contributed by atoms with Crippen LogP contribution in [0.5, 0.6) is 0 Å². The Balaban J connectivity index is 2.10. The molecule has 0 bridgehead atoms. The van der Waals surface area contributed by atoms with Gasteiger partial charge in [0.2, 0.25) is 0 Å². The van der Waals surface area contributed by atoms with Crippen LogP contribution in [0.25, 0.3) is 0 Å². The van der Waals surface area contributed by atoms with Gasteiger partial charge in [0.05, 0.1) is 0 Å². The van der Waals surface area contributed by atoms with E-state index in [-0.39, 0.29) is 4.92 Å². The lowest BCUT2D eigenvalue weighted by Crippen LogP contribution is -2.35. The SMILES string of the molecule is C=C1CCN(Cc2ccccc2)C1[N+](=O)[O-]. The molecule has 1 atom stereocenters. The Labute approximate surface area is 94.3 Å². The molecular weight excluding hydrogens is 204 g/mol. The van der Waals surface area contributed by atoms with Crippen molar-refractivity contribution in [2.24, 2.45) is 0 Å². The Morgan fingerprint density at radius 2 is 2.12 bits per heavy atom. The molecule has 1 aromatic rings. The molecule has 16 heavy (non-hydrogen) atoms. The van der Waals surface area contributed by atoms with E-state index in [2.05, 4.69) is 6.58 Å². The van der Waals surface area contributed by atoms with Gasteiger partial charge in [-0.2, -0.15) is 0 Å². The Morgan fingerprint density at radius 3 is 2.75 bits per heavy atom. The Morgan fingerprint density at radius 1 is 1.44 bits per heavy atom. The van der Waals surface area contributed by atoms with Gasteiger partial charge in [0, 0.05) is 23.6 Å². The summed E-state index contributed by atoms with van der Waals surface area (Å²) in [6, 6.07) is 9.80. The molecule has 1 heterocycles. The summed E-state index contributed by atoms with van der Waals surface area (Å²) in [6.45, 7) is 5.10. The van der Waals surface area contributed by atoms with E-state index in [0.717, 1.165) is 18.5 Å². The number of nitrogens with zero attached hydrogens (tertiary/aromatic N) is 2. The molecule has 0 saturated carbocycles. The number of rotatable bonds is 3. The smallest absolute Gasteiger partial charge is 0.262 e. The third-order valence-electron chi connectivity index (χ3n) is 2.86. The van der Waals surface area contributed by atoms with Crippen LogP contribution in [0, 0.1) is 10.1 Å². The topological polar surface area (TPSA) is 46.4 Å². The van der Waals surface area contributed by atoms with Crippen LogP contribution in [0.4, 0.5) is 0 Å². The fourth-order valence-corrected chi connectivity index (χ4v) is 2.06. The number of benzene rings is 1. The predicted molar refractivity (Wildman–Crippen MR) is 61.4 cm³/mol. The van der Waals surface area contributed by atoms with E-state index in [1.54, 1.807) is 0 Å². The maximum absolute atomic E-state index is 10.9. The lowest BCUT2D eigenvalue weighted by Gasteiger charge is -2.17. The summed E-state index contributed by atoms with van der Waals surface area (Å²) in [6.07, 6.45) is 0.0126. The van der Waals surface area contributed by atoms with E-state index in [4.69, 9.17) is 0 Å². The molecule has 1 unspecified atom stereocenters. The molecule has 0 spiro atoms. The first-order chi connectivity index (χ1) is 7.68. The normalized spacial score (nSPS) is 21.2. The molecule has 1 saturated heterocycles. The van der Waals surface area contributed by atoms with Gasteiger partial charge in [-0.15, -0.1) is 0 Å². The summed E-state index contributed by atoms with van der Waals surface area (Å²) >= 11 is 0. The lowest BCUT2D eigenvalue weighted by molar-refractivity contribution is -0.536. The molecular formula is C12H14N2O2. The molecule has 1 aliphatic rings. The number of hydrogen-bond acceptors (Lipinski definition) is 3. The van der Waals surface area contributed by atoms with Gasteiger partial charge < -0.3 is 0 Å². The molecule has 84 valence electrons. The Hall–Kier alpha value is -1.68. The average Bonchev–Trinajstić information content (AvgIpc) is 2.61. The van der Waals surface area contributed by atoms with Crippen molar-refractivity contribution in [3.8, 4) is 0 Å². The molecule has 4 heteroatoms. The van der Waals surface area contributed by atoms with Gasteiger partial charge in [0.15, 0.2) is 0 Å². The number of nitro groups is 1. The summed E-state index contributed by atoms with van der Waals surface area (Å²) in [4.78, 5) is 12.5. The predicted octanol–water partition coefficient (Wildman–Crippen LogP) is 2.05. The van der Waals surface area contributed by atoms with E-state index in [0.29, 0.717) is 12.1 Å². The van der Waals surface area contributed by atoms with Gasteiger partial charge in [-0.25, -0.2) is 4.90 Å². The summed E-state index contributed by atoms with van der Waals surface area (Å²) in [5.41, 5.74) is 1.81. The van der Waals surface area contributed by atoms with Crippen LogP contribution in [0.15, 0.2) is 42.5 Å². The summed E-state index contributed by atoms with van der Waals surface area (Å²) in [7, 11) is 0. The highest BCUT2D eigenvalue weighted by Gasteiger charge is 2.36. The van der Waals surface area contributed by atoms with Crippen molar-refractivity contribution in [1.29, 1.82) is 0 Å². The van der Waals surface area contributed by atoms with Crippen LogP contribution >= 0.6 is 0 Å². The Kier molecular flexibility index (Phi) is 3.01. The summed E-state index contributed by atoms with van der Waals surface area (Å²) < 4.78 is 0. The largest absolute Gasteiger partial charge is 0.290 e. The zero-order valence-electron chi connectivity index (χ0n) is 9.00. The second kappa shape index (κ2) is 4.45. The maximum atomic E-state index is 10.9. The van der Waals surface area contributed by atoms with Crippen molar-refractivity contribution >= 4 is 0 Å². The van der Waals surface area contributed by atoms with Crippen LogP contribution in [0.1, 0.15) is 12.0 Å². The van der Waals surface area contributed by atoms with Gasteiger partial charge in [0.1, 0.15) is 0 Å². The molecule has 0 aliphatic carbocycles. The molecule has 1 aromatic carbocycles. The van der Waals surface area contributed by atoms with Gasteiger partial charge in [-0.05, 0) is 12.0 Å². The Bertz CT molecular complexity index is 403. The fraction of sp³-hybridized carbons (Fsp3) is 0.333. The van der Waals surface area contributed by atoms with Crippen molar-refractivity contribution in [3.63, 3.8) is 0 Å². The van der Waals surface area contributed by atoms with Gasteiger partial charge in [0.25, 0.3) is 6.17 Å². The minimum absolute atomic E-state index is 0.252. The molecule has 0 N–H and O–H groups in total. The fourth-order valence-electron chi connectivity index (χ4n) is 2.06. The zero-order valence-corrected chi connectivity index (χ0v) is 9.00. The highest BCUT2D eigenvalue weighted by Crippen LogP contribution is 2.24. The molecule has 0 aromatic heterocycles. The van der Waals surface area contributed by atoms with Crippen molar-refractivity contribution in [1.82, 2.24) is 4.90 Å². The van der Waals surface area contributed by atoms with Crippen LogP contribution in [-0.2, 0) is 6.54 Å². The first kappa shape index (κ1) is 10.8. The van der Waals surface area contributed by atoms with Crippen LogP contribution < -0.4 is 0 Å². The van der Waals surface area contributed by atoms with Crippen molar-refractivity contribution < 1.29 is 4.92 Å². The lowest BCUT2D eigenvalue weighted by atomic mass is 10.2. The maximum Gasteiger partial charge on any atom is 0.290 e. The van der Waals surface area contributed by atoms with Gasteiger partial charge >= 0.3 is 0 Å². The minimum atomic E-state index is -0.708. The standard InChI is InChI=1S/C12H14N2O2/c1-10-7-8-13(12(10)14(15)16)9-11-5-3-2-4-6-11/h2-6,12H,1,7-9H2. The molecule has 2 rings (SSSR count). The molecule has 1 fully saturated rings. The number of likely N-dealkylation sites (tertiary alicyclic amines) is 1. The van der Waals surface area contributed by atoms with Gasteiger partial charge in [-0.1, -0.05) is 36.9 Å². The van der Waals surface area contributed by atoms with Crippen LogP contribution in [-0.4, -0.2) is 22.5 Å². The van der Waals surface area contributed by atoms with Gasteiger partial charge in [-0.3, -0.25) is 10.1 Å². The minimum Gasteiger partial charge on any atom is -0.262 e. The molecule has 0 radical (unpaired) electrons. The van der Waals surface area contributed by atoms with Crippen molar-refractivity contribution in [2.45, 2.75) is 19.1 Å². The monoisotopic (exact) mass is 218 g/mol. The number of hydrogen-bond donors (Lipinski definition) is 0. The van der Waals surface area contributed by atoms with E-state index < -0.39 is 6.17 Å². The molecule has 4 nitrogen and oxygen atoms in total. The quantitative estimate of drug-likeness (QED) is 0.443. The van der Waals surface area contributed by atoms with Crippen LogP contribution in [0.3, 0.4) is 0 Å². The van der Waals surface area contributed by atoms with Crippen molar-refractivity contribution in [3.05, 3.63) is 58.2 Å².